The number of aromatic nitrogens is 4. The van der Waals surface area contributed by atoms with Gasteiger partial charge in [0.25, 0.3) is 11.5 Å². The van der Waals surface area contributed by atoms with Gasteiger partial charge in [0.15, 0.2) is 0 Å². The lowest BCUT2D eigenvalue weighted by Crippen LogP contribution is -2.46. The maximum Gasteiger partial charge on any atom is 0.331 e. The summed E-state index contributed by atoms with van der Waals surface area (Å²) in [6, 6.07) is 5.22. The highest BCUT2D eigenvalue weighted by atomic mass is 16.2. The molecule has 0 aromatic carbocycles. The molecule has 2 aliphatic rings. The Hall–Kier alpha value is -4.35. The number of rotatable bonds is 5. The zero-order valence-corrected chi connectivity index (χ0v) is 21.6. The van der Waals surface area contributed by atoms with Crippen molar-refractivity contribution in [1.82, 2.24) is 23.6 Å². The number of carbonyl (C=O) groups is 1. The van der Waals surface area contributed by atoms with Crippen LogP contribution in [0.1, 0.15) is 47.8 Å². The van der Waals surface area contributed by atoms with Crippen LogP contribution in [-0.2, 0) is 20.1 Å². The van der Waals surface area contributed by atoms with Gasteiger partial charge >= 0.3 is 5.69 Å². The van der Waals surface area contributed by atoms with Gasteiger partial charge in [0.05, 0.1) is 29.9 Å². The van der Waals surface area contributed by atoms with E-state index in [0.29, 0.717) is 48.8 Å². The predicted molar refractivity (Wildman–Crippen MR) is 143 cm³/mol. The number of nitrogens with zero attached hydrogens (tertiary/aromatic N) is 7. The number of carbonyl (C=O) groups excluding carboxylic acids is 1. The maximum atomic E-state index is 14.1. The quantitative estimate of drug-likeness (QED) is 0.493. The Morgan fingerprint density at radius 2 is 1.97 bits per heavy atom. The number of hydrogen-bond donors (Lipinski definition) is 1. The molecule has 5 heterocycles. The smallest absolute Gasteiger partial charge is 0.331 e. The van der Waals surface area contributed by atoms with Crippen LogP contribution in [0.3, 0.4) is 0 Å². The van der Waals surface area contributed by atoms with Gasteiger partial charge in [-0.25, -0.2) is 4.79 Å². The number of pyridine rings is 1. The first-order chi connectivity index (χ1) is 18.4. The molecule has 0 bridgehead atoms. The lowest BCUT2D eigenvalue weighted by atomic mass is 10.1. The number of amides is 1. The minimum Gasteiger partial charge on any atom is -0.356 e. The molecule has 0 aliphatic carbocycles. The number of nitriles is 1. The van der Waals surface area contributed by atoms with E-state index in [4.69, 9.17) is 5.73 Å². The van der Waals surface area contributed by atoms with E-state index in [-0.39, 0.29) is 36.1 Å². The number of piperidine rings is 1. The molecule has 1 atom stereocenters. The van der Waals surface area contributed by atoms with E-state index in [1.165, 1.54) is 10.8 Å². The third kappa shape index (κ3) is 4.15. The normalized spacial score (nSPS) is 17.1. The minimum atomic E-state index is -0.588. The van der Waals surface area contributed by atoms with Crippen LogP contribution >= 0.6 is 0 Å². The molecular weight excluding hydrogens is 484 g/mol. The third-order valence-electron chi connectivity index (χ3n) is 7.36. The summed E-state index contributed by atoms with van der Waals surface area (Å²) in [4.78, 5) is 49.6. The Kier molecular flexibility index (Phi) is 6.79. The standard InChI is InChI=1S/C27H30N8O3/c1-3-4-14-34-23-22(21(25(36)32-12-7-13-32)24(34)33-11-6-9-19(29)16-33)31(2)27(38)35(26(23)37)17-20-18(15-28)8-5-10-30-20/h5,8,10,19H,6-7,9,11-14,16-17,29H2,1-2H3/t19-/m1/s1. The Morgan fingerprint density at radius 3 is 2.63 bits per heavy atom. The number of nitrogens with two attached hydrogens (primary N) is 1. The second-order valence-corrected chi connectivity index (χ2v) is 9.75. The average molecular weight is 515 g/mol. The van der Waals surface area contributed by atoms with Crippen LogP contribution in [0.15, 0.2) is 27.9 Å². The van der Waals surface area contributed by atoms with E-state index in [2.05, 4.69) is 27.8 Å². The molecular formula is C27H30N8O3. The van der Waals surface area contributed by atoms with Gasteiger partial charge in [-0.1, -0.05) is 5.92 Å². The Morgan fingerprint density at radius 1 is 1.18 bits per heavy atom. The fraction of sp³-hybridized carbons (Fsp3) is 0.444. The molecule has 2 N–H and O–H groups in total. The Balaban J connectivity index is 1.84. The molecule has 11 nitrogen and oxygen atoms in total. The number of aryl methyl sites for hydroxylation is 1. The van der Waals surface area contributed by atoms with Crippen LogP contribution in [-0.4, -0.2) is 61.7 Å². The Labute approximate surface area is 219 Å². The highest BCUT2D eigenvalue weighted by Crippen LogP contribution is 2.34. The highest BCUT2D eigenvalue weighted by Gasteiger charge is 2.35. The van der Waals surface area contributed by atoms with Crippen LogP contribution in [0.5, 0.6) is 0 Å². The summed E-state index contributed by atoms with van der Waals surface area (Å²) in [5, 5.41) is 9.51. The zero-order chi connectivity index (χ0) is 27.0. The van der Waals surface area contributed by atoms with Gasteiger partial charge in [0.2, 0.25) is 0 Å². The summed E-state index contributed by atoms with van der Waals surface area (Å²) in [5.74, 6) is 6.30. The van der Waals surface area contributed by atoms with Crippen molar-refractivity contribution in [3.05, 3.63) is 56.0 Å². The molecule has 2 saturated heterocycles. The van der Waals surface area contributed by atoms with E-state index < -0.39 is 11.2 Å². The minimum absolute atomic E-state index is 0.0755. The van der Waals surface area contributed by atoms with E-state index in [9.17, 15) is 19.6 Å². The molecule has 0 radical (unpaired) electrons. The van der Waals surface area contributed by atoms with Crippen molar-refractivity contribution in [3.63, 3.8) is 0 Å². The maximum absolute atomic E-state index is 14.1. The summed E-state index contributed by atoms with van der Waals surface area (Å²) in [5.41, 5.74) is 6.64. The van der Waals surface area contributed by atoms with Gasteiger partial charge in [-0.05, 0) is 38.3 Å². The molecule has 38 heavy (non-hydrogen) atoms. The van der Waals surface area contributed by atoms with Crippen LogP contribution in [0.4, 0.5) is 5.82 Å². The first kappa shape index (κ1) is 25.3. The van der Waals surface area contributed by atoms with E-state index in [1.54, 1.807) is 35.6 Å². The summed E-state index contributed by atoms with van der Waals surface area (Å²) >= 11 is 0. The van der Waals surface area contributed by atoms with Crippen LogP contribution in [0.2, 0.25) is 0 Å². The topological polar surface area (TPSA) is 135 Å². The molecule has 196 valence electrons. The molecule has 0 spiro atoms. The lowest BCUT2D eigenvalue weighted by molar-refractivity contribution is 0.0653. The molecule has 2 aliphatic heterocycles. The fourth-order valence-corrected chi connectivity index (χ4v) is 5.30. The van der Waals surface area contributed by atoms with Crippen molar-refractivity contribution in [1.29, 1.82) is 5.26 Å². The van der Waals surface area contributed by atoms with Crippen LogP contribution in [0.25, 0.3) is 11.0 Å². The van der Waals surface area contributed by atoms with Crippen molar-refractivity contribution in [2.45, 2.75) is 45.3 Å². The monoisotopic (exact) mass is 514 g/mol. The van der Waals surface area contributed by atoms with Crippen molar-refractivity contribution in [2.75, 3.05) is 31.1 Å². The fourth-order valence-electron chi connectivity index (χ4n) is 5.30. The molecule has 3 aromatic heterocycles. The van der Waals surface area contributed by atoms with Gasteiger partial charge in [0, 0.05) is 45.5 Å². The van der Waals surface area contributed by atoms with Gasteiger partial charge in [0.1, 0.15) is 23.0 Å². The van der Waals surface area contributed by atoms with Crippen LogP contribution in [0, 0.1) is 23.2 Å². The van der Waals surface area contributed by atoms with E-state index >= 15 is 0 Å². The van der Waals surface area contributed by atoms with Gasteiger partial charge in [-0.2, -0.15) is 5.26 Å². The zero-order valence-electron chi connectivity index (χ0n) is 21.6. The molecule has 2 fully saturated rings. The number of likely N-dealkylation sites (tertiary alicyclic amines) is 1. The second kappa shape index (κ2) is 10.2. The number of anilines is 1. The van der Waals surface area contributed by atoms with Gasteiger partial charge in [-0.15, -0.1) is 5.92 Å². The first-order valence-corrected chi connectivity index (χ1v) is 12.8. The van der Waals surface area contributed by atoms with Crippen molar-refractivity contribution < 1.29 is 4.79 Å². The highest BCUT2D eigenvalue weighted by molar-refractivity contribution is 6.11. The molecule has 1 amide bonds. The van der Waals surface area contributed by atoms with Gasteiger partial charge < -0.3 is 20.1 Å². The molecule has 5 rings (SSSR count). The SMILES string of the molecule is CC#CCn1c(N2CCC[C@@H](N)C2)c(C(=O)N2CCC2)c2c1c(=O)n(Cc1ncccc1C#N)c(=O)n2C. The predicted octanol–water partition coefficient (Wildman–Crippen LogP) is 0.613. The third-order valence-corrected chi connectivity index (χ3v) is 7.36. The largest absolute Gasteiger partial charge is 0.356 e. The number of fused-ring (bicyclic) bond motifs is 1. The second-order valence-electron chi connectivity index (χ2n) is 9.75. The summed E-state index contributed by atoms with van der Waals surface area (Å²) in [7, 11) is 1.57. The van der Waals surface area contributed by atoms with Crippen LogP contribution < -0.4 is 21.9 Å². The lowest BCUT2D eigenvalue weighted by Gasteiger charge is -2.35. The van der Waals surface area contributed by atoms with E-state index in [1.807, 2.05) is 0 Å². The first-order valence-electron chi connectivity index (χ1n) is 12.8. The summed E-state index contributed by atoms with van der Waals surface area (Å²) in [6.45, 7) is 4.16. The molecule has 3 aromatic rings. The van der Waals surface area contributed by atoms with Gasteiger partial charge in [-0.3, -0.25) is 23.7 Å². The van der Waals surface area contributed by atoms with Crippen molar-refractivity contribution >= 4 is 22.8 Å². The summed E-state index contributed by atoms with van der Waals surface area (Å²) < 4.78 is 4.20. The molecule has 0 unspecified atom stereocenters. The van der Waals surface area contributed by atoms with Crippen molar-refractivity contribution in [3.8, 4) is 17.9 Å². The average Bonchev–Trinajstić information content (AvgIpc) is 3.23. The number of hydrogen-bond acceptors (Lipinski definition) is 7. The van der Waals surface area contributed by atoms with Crippen molar-refractivity contribution in [2.24, 2.45) is 12.8 Å². The Bertz CT molecular complexity index is 1640. The molecule has 11 heteroatoms. The molecule has 0 saturated carbocycles. The summed E-state index contributed by atoms with van der Waals surface area (Å²) in [6.07, 6.45) is 4.15. The van der Waals surface area contributed by atoms with E-state index in [0.717, 1.165) is 23.8 Å².